The molecule has 1 aromatic rings. The number of amides is 1. The number of rotatable bonds is 6. The third-order valence-electron chi connectivity index (χ3n) is 6.07. The molecule has 2 aliphatic carbocycles. The predicted molar refractivity (Wildman–Crippen MR) is 111 cm³/mol. The van der Waals surface area contributed by atoms with Crippen molar-refractivity contribution in [3.05, 3.63) is 41.3 Å². The lowest BCUT2D eigenvalue weighted by Crippen LogP contribution is -2.46. The summed E-state index contributed by atoms with van der Waals surface area (Å²) in [5, 5.41) is 13.4. The van der Waals surface area contributed by atoms with Gasteiger partial charge in [-0.2, -0.15) is 0 Å². The highest BCUT2D eigenvalue weighted by Crippen LogP contribution is 2.41. The number of aromatic nitrogens is 1. The summed E-state index contributed by atoms with van der Waals surface area (Å²) in [7, 11) is 1.46. The Hall–Kier alpha value is -2.30. The van der Waals surface area contributed by atoms with Crippen LogP contribution in [0.3, 0.4) is 0 Å². The lowest BCUT2D eigenvalue weighted by molar-refractivity contribution is 0.0861. The Morgan fingerprint density at radius 1 is 1.39 bits per heavy atom. The highest BCUT2D eigenvalue weighted by molar-refractivity contribution is 5.95. The Labute approximate surface area is 167 Å². The molecule has 0 radical (unpaired) electrons. The molecule has 0 aliphatic heterocycles. The van der Waals surface area contributed by atoms with E-state index in [0.717, 1.165) is 38.5 Å². The average molecular weight is 385 g/mol. The SMILES string of the molecule is COc1ccnc(C(=O)NC2CCCC3CC(CCC=C(C)C)=CCC32)c1O. The van der Waals surface area contributed by atoms with E-state index in [0.29, 0.717) is 11.8 Å². The van der Waals surface area contributed by atoms with Gasteiger partial charge in [-0.15, -0.1) is 0 Å². The van der Waals surface area contributed by atoms with E-state index in [2.05, 4.69) is 36.3 Å². The summed E-state index contributed by atoms with van der Waals surface area (Å²) in [5.74, 6) is 0.860. The third kappa shape index (κ3) is 4.75. The summed E-state index contributed by atoms with van der Waals surface area (Å²) < 4.78 is 5.09. The number of aromatic hydroxyl groups is 1. The Morgan fingerprint density at radius 2 is 2.21 bits per heavy atom. The molecule has 2 N–H and O–H groups in total. The van der Waals surface area contributed by atoms with E-state index in [4.69, 9.17) is 4.74 Å². The van der Waals surface area contributed by atoms with Crippen molar-refractivity contribution < 1.29 is 14.6 Å². The largest absolute Gasteiger partial charge is 0.503 e. The van der Waals surface area contributed by atoms with E-state index in [-0.39, 0.29) is 29.1 Å². The molecule has 152 valence electrons. The molecular weight excluding hydrogens is 352 g/mol. The van der Waals surface area contributed by atoms with E-state index in [1.807, 2.05) is 0 Å². The Kier molecular flexibility index (Phi) is 6.76. The van der Waals surface area contributed by atoms with E-state index in [9.17, 15) is 9.90 Å². The fourth-order valence-electron chi connectivity index (χ4n) is 4.62. The summed E-state index contributed by atoms with van der Waals surface area (Å²) in [6, 6.07) is 1.68. The van der Waals surface area contributed by atoms with Crippen molar-refractivity contribution in [1.82, 2.24) is 10.3 Å². The first-order valence-corrected chi connectivity index (χ1v) is 10.3. The van der Waals surface area contributed by atoms with Crippen LogP contribution in [0.25, 0.3) is 0 Å². The number of pyridine rings is 1. The molecule has 0 aromatic carbocycles. The van der Waals surface area contributed by atoms with Crippen molar-refractivity contribution in [2.75, 3.05) is 7.11 Å². The molecule has 1 fully saturated rings. The fraction of sp³-hybridized carbons (Fsp3) is 0.565. The molecular formula is C23H32N2O3. The van der Waals surface area contributed by atoms with E-state index < -0.39 is 0 Å². The van der Waals surface area contributed by atoms with Crippen molar-refractivity contribution in [2.24, 2.45) is 11.8 Å². The maximum Gasteiger partial charge on any atom is 0.274 e. The van der Waals surface area contributed by atoms with Crippen molar-refractivity contribution in [2.45, 2.75) is 64.8 Å². The number of allylic oxidation sites excluding steroid dienone is 4. The molecule has 3 unspecified atom stereocenters. The van der Waals surface area contributed by atoms with E-state index in [1.165, 1.54) is 25.3 Å². The van der Waals surface area contributed by atoms with Crippen LogP contribution < -0.4 is 10.1 Å². The second-order valence-corrected chi connectivity index (χ2v) is 8.27. The van der Waals surface area contributed by atoms with Crippen molar-refractivity contribution in [1.29, 1.82) is 0 Å². The van der Waals surface area contributed by atoms with Gasteiger partial charge in [0.05, 0.1) is 7.11 Å². The van der Waals surface area contributed by atoms with Gasteiger partial charge in [0.25, 0.3) is 5.91 Å². The molecule has 28 heavy (non-hydrogen) atoms. The summed E-state index contributed by atoms with van der Waals surface area (Å²) in [5.41, 5.74) is 2.98. The van der Waals surface area contributed by atoms with Gasteiger partial charge in [0, 0.05) is 18.3 Å². The zero-order valence-electron chi connectivity index (χ0n) is 17.2. The summed E-state index contributed by atoms with van der Waals surface area (Å²) in [6.45, 7) is 4.29. The number of methoxy groups -OCH3 is 1. The minimum atomic E-state index is -0.319. The first-order chi connectivity index (χ1) is 13.5. The normalized spacial score (nSPS) is 24.0. The van der Waals surface area contributed by atoms with Gasteiger partial charge < -0.3 is 15.2 Å². The van der Waals surface area contributed by atoms with Crippen LogP contribution in [0.15, 0.2) is 35.6 Å². The van der Waals surface area contributed by atoms with Gasteiger partial charge in [0.1, 0.15) is 0 Å². The summed E-state index contributed by atoms with van der Waals surface area (Å²) in [4.78, 5) is 16.8. The average Bonchev–Trinajstić information content (AvgIpc) is 2.68. The molecule has 1 amide bonds. The smallest absolute Gasteiger partial charge is 0.274 e. The highest BCUT2D eigenvalue weighted by atomic mass is 16.5. The maximum atomic E-state index is 12.7. The zero-order valence-corrected chi connectivity index (χ0v) is 17.2. The third-order valence-corrected chi connectivity index (χ3v) is 6.07. The van der Waals surface area contributed by atoms with Gasteiger partial charge in [-0.1, -0.05) is 29.7 Å². The van der Waals surface area contributed by atoms with Crippen molar-refractivity contribution in [3.63, 3.8) is 0 Å². The number of hydrogen-bond acceptors (Lipinski definition) is 4. The number of hydrogen-bond donors (Lipinski definition) is 2. The van der Waals surface area contributed by atoms with Crippen LogP contribution in [0.1, 0.15) is 69.3 Å². The molecule has 5 heteroatoms. The molecule has 0 saturated heterocycles. The van der Waals surface area contributed by atoms with Gasteiger partial charge in [0.2, 0.25) is 0 Å². The fourth-order valence-corrected chi connectivity index (χ4v) is 4.62. The second kappa shape index (κ2) is 9.26. The van der Waals surface area contributed by atoms with Crippen molar-refractivity contribution >= 4 is 5.91 Å². The minimum absolute atomic E-state index is 0.0373. The predicted octanol–water partition coefficient (Wildman–Crippen LogP) is 4.78. The summed E-state index contributed by atoms with van der Waals surface area (Å²) >= 11 is 0. The molecule has 0 bridgehead atoms. The number of carbonyl (C=O) groups excluding carboxylic acids is 1. The number of ether oxygens (including phenoxy) is 1. The zero-order chi connectivity index (χ0) is 20.1. The van der Waals surface area contributed by atoms with Crippen LogP contribution in [-0.2, 0) is 0 Å². The molecule has 5 nitrogen and oxygen atoms in total. The Balaban J connectivity index is 1.65. The Morgan fingerprint density at radius 3 is 2.96 bits per heavy atom. The van der Waals surface area contributed by atoms with Gasteiger partial charge in [-0.05, 0) is 64.2 Å². The molecule has 3 rings (SSSR count). The number of nitrogens with zero attached hydrogens (tertiary/aromatic N) is 1. The molecule has 2 aliphatic rings. The molecule has 0 spiro atoms. The highest BCUT2D eigenvalue weighted by Gasteiger charge is 2.36. The molecule has 1 saturated carbocycles. The second-order valence-electron chi connectivity index (χ2n) is 8.27. The molecule has 3 atom stereocenters. The minimum Gasteiger partial charge on any atom is -0.503 e. The van der Waals surface area contributed by atoms with E-state index >= 15 is 0 Å². The Bertz CT molecular complexity index is 765. The lowest BCUT2D eigenvalue weighted by Gasteiger charge is -2.41. The number of fused-ring (bicyclic) bond motifs is 1. The standard InChI is InChI=1S/C23H32N2O3/c1-15(2)6-4-7-16-10-11-18-17(14-16)8-5-9-19(18)25-23(27)21-22(26)20(28-3)12-13-24-21/h6,10,12-13,17-19,26H,4-5,7-9,11,14H2,1-3H3,(H,25,27). The van der Waals surface area contributed by atoms with Crippen LogP contribution >= 0.6 is 0 Å². The lowest BCUT2D eigenvalue weighted by atomic mass is 9.68. The first-order valence-electron chi connectivity index (χ1n) is 10.3. The topological polar surface area (TPSA) is 71.5 Å². The van der Waals surface area contributed by atoms with Crippen LogP contribution in [-0.4, -0.2) is 29.1 Å². The monoisotopic (exact) mass is 384 g/mol. The first kappa shape index (κ1) is 20.4. The quantitative estimate of drug-likeness (QED) is 0.693. The van der Waals surface area contributed by atoms with Gasteiger partial charge in [-0.3, -0.25) is 4.79 Å². The maximum absolute atomic E-state index is 12.7. The molecule has 1 aromatic heterocycles. The van der Waals surface area contributed by atoms with Gasteiger partial charge in [-0.25, -0.2) is 4.98 Å². The number of carbonyl (C=O) groups is 1. The molecule has 1 heterocycles. The number of nitrogens with one attached hydrogen (secondary N) is 1. The van der Waals surface area contributed by atoms with Gasteiger partial charge in [0.15, 0.2) is 17.2 Å². The summed E-state index contributed by atoms with van der Waals surface area (Å²) in [6.07, 6.45) is 14.0. The van der Waals surface area contributed by atoms with E-state index in [1.54, 1.807) is 11.6 Å². The van der Waals surface area contributed by atoms with Crippen LogP contribution in [0.5, 0.6) is 11.5 Å². The van der Waals surface area contributed by atoms with Crippen molar-refractivity contribution in [3.8, 4) is 11.5 Å². The van der Waals surface area contributed by atoms with Crippen LogP contribution in [0.4, 0.5) is 0 Å². The van der Waals surface area contributed by atoms with Crippen LogP contribution in [0, 0.1) is 11.8 Å². The van der Waals surface area contributed by atoms with Gasteiger partial charge >= 0.3 is 0 Å². The van der Waals surface area contributed by atoms with Crippen LogP contribution in [0.2, 0.25) is 0 Å².